The van der Waals surface area contributed by atoms with Crippen LogP contribution in [-0.4, -0.2) is 51.4 Å². The second kappa shape index (κ2) is 8.57. The topological polar surface area (TPSA) is 41.4 Å². The average molecular weight is 377 g/mol. The van der Waals surface area contributed by atoms with E-state index in [1.165, 1.54) is 5.56 Å². The highest BCUT2D eigenvalue weighted by molar-refractivity contribution is 5.77. The van der Waals surface area contributed by atoms with Crippen LogP contribution in [0.4, 0.5) is 0 Å². The number of aromatic nitrogens is 2. The maximum absolute atomic E-state index is 12.8. The fourth-order valence-electron chi connectivity index (χ4n) is 4.10. The summed E-state index contributed by atoms with van der Waals surface area (Å²) in [5.74, 6) is 0.246. The van der Waals surface area contributed by atoms with Crippen molar-refractivity contribution in [1.82, 2.24) is 19.4 Å². The number of carbonyl (C=O) groups excluding carboxylic acids is 1. The molecular formula is C23H28N4O. The van der Waals surface area contributed by atoms with Gasteiger partial charge in [0.25, 0.3) is 0 Å². The molecule has 2 aromatic carbocycles. The van der Waals surface area contributed by atoms with Gasteiger partial charge < -0.3 is 9.47 Å². The van der Waals surface area contributed by atoms with Gasteiger partial charge in [0.1, 0.15) is 0 Å². The van der Waals surface area contributed by atoms with Gasteiger partial charge in [-0.1, -0.05) is 42.5 Å². The van der Waals surface area contributed by atoms with Gasteiger partial charge in [0.05, 0.1) is 17.4 Å². The van der Waals surface area contributed by atoms with E-state index in [-0.39, 0.29) is 5.91 Å². The van der Waals surface area contributed by atoms with E-state index in [2.05, 4.69) is 56.7 Å². The molecule has 3 aromatic rings. The van der Waals surface area contributed by atoms with Crippen LogP contribution in [0.5, 0.6) is 0 Å². The van der Waals surface area contributed by atoms with Crippen molar-refractivity contribution in [2.24, 2.45) is 0 Å². The number of amides is 1. The molecule has 0 radical (unpaired) electrons. The van der Waals surface area contributed by atoms with Gasteiger partial charge in [0.2, 0.25) is 5.91 Å². The molecular weight excluding hydrogens is 348 g/mol. The summed E-state index contributed by atoms with van der Waals surface area (Å²) >= 11 is 0. The Hall–Kier alpha value is -2.66. The van der Waals surface area contributed by atoms with Crippen LogP contribution in [-0.2, 0) is 17.9 Å². The molecule has 0 aliphatic carbocycles. The zero-order valence-corrected chi connectivity index (χ0v) is 16.5. The van der Waals surface area contributed by atoms with E-state index < -0.39 is 0 Å². The summed E-state index contributed by atoms with van der Waals surface area (Å²) in [4.78, 5) is 21.7. The van der Waals surface area contributed by atoms with Crippen LogP contribution in [0, 0.1) is 0 Å². The molecule has 1 amide bonds. The Balaban J connectivity index is 1.33. The third-order valence-corrected chi connectivity index (χ3v) is 5.74. The lowest BCUT2D eigenvalue weighted by Crippen LogP contribution is -2.48. The lowest BCUT2D eigenvalue weighted by Gasteiger charge is -2.37. The van der Waals surface area contributed by atoms with Crippen molar-refractivity contribution < 1.29 is 4.79 Å². The summed E-state index contributed by atoms with van der Waals surface area (Å²) in [7, 11) is 2.17. The van der Waals surface area contributed by atoms with Gasteiger partial charge in [-0.05, 0) is 37.6 Å². The average Bonchev–Trinajstić information content (AvgIpc) is 3.16. The maximum atomic E-state index is 12.8. The number of rotatable bonds is 6. The molecule has 4 rings (SSSR count). The molecule has 28 heavy (non-hydrogen) atoms. The van der Waals surface area contributed by atoms with Crippen LogP contribution in [0.15, 0.2) is 60.9 Å². The fourth-order valence-corrected chi connectivity index (χ4v) is 4.10. The quantitative estimate of drug-likeness (QED) is 0.661. The molecule has 1 aromatic heterocycles. The van der Waals surface area contributed by atoms with Crippen molar-refractivity contribution in [2.75, 3.05) is 20.1 Å². The van der Waals surface area contributed by atoms with Crippen molar-refractivity contribution >= 4 is 16.9 Å². The second-order valence-corrected chi connectivity index (χ2v) is 7.71. The molecule has 1 saturated heterocycles. The Labute approximate surface area is 166 Å². The zero-order chi connectivity index (χ0) is 19.3. The van der Waals surface area contributed by atoms with Gasteiger partial charge in [0, 0.05) is 38.6 Å². The molecule has 1 aliphatic heterocycles. The van der Waals surface area contributed by atoms with E-state index in [4.69, 9.17) is 0 Å². The first-order valence-electron chi connectivity index (χ1n) is 10.1. The number of hydrogen-bond donors (Lipinski definition) is 0. The molecule has 0 unspecified atom stereocenters. The molecule has 5 heteroatoms. The lowest BCUT2D eigenvalue weighted by atomic mass is 10.0. The summed E-state index contributed by atoms with van der Waals surface area (Å²) in [6, 6.07) is 19.0. The number of carbonyl (C=O) groups is 1. The SMILES string of the molecule is CN(Cc1ccccc1)[C@H]1CCCN(C(=O)CCn2cnc3ccccc32)C1. The number of piperidine rings is 1. The van der Waals surface area contributed by atoms with Crippen LogP contribution in [0.25, 0.3) is 11.0 Å². The normalized spacial score (nSPS) is 17.4. The number of imidazole rings is 1. The molecule has 0 N–H and O–H groups in total. The largest absolute Gasteiger partial charge is 0.341 e. The number of likely N-dealkylation sites (tertiary alicyclic amines) is 1. The van der Waals surface area contributed by atoms with Crippen molar-refractivity contribution in [2.45, 2.75) is 38.4 Å². The Morgan fingerprint density at radius 3 is 2.79 bits per heavy atom. The molecule has 0 spiro atoms. The molecule has 5 nitrogen and oxygen atoms in total. The molecule has 1 atom stereocenters. The number of fused-ring (bicyclic) bond motifs is 1. The Kier molecular flexibility index (Phi) is 5.72. The van der Waals surface area contributed by atoms with Crippen LogP contribution in [0.3, 0.4) is 0 Å². The summed E-state index contributed by atoms with van der Waals surface area (Å²) in [6.45, 7) is 3.31. The minimum atomic E-state index is 0.246. The van der Waals surface area contributed by atoms with E-state index >= 15 is 0 Å². The van der Waals surface area contributed by atoms with Crippen LogP contribution >= 0.6 is 0 Å². The van der Waals surface area contributed by atoms with E-state index in [0.29, 0.717) is 19.0 Å². The van der Waals surface area contributed by atoms with Crippen molar-refractivity contribution in [3.8, 4) is 0 Å². The molecule has 1 fully saturated rings. The molecule has 146 valence electrons. The first kappa shape index (κ1) is 18.7. The number of likely N-dealkylation sites (N-methyl/N-ethyl adjacent to an activating group) is 1. The number of nitrogens with zero attached hydrogens (tertiary/aromatic N) is 4. The van der Waals surface area contributed by atoms with Gasteiger partial charge in [-0.15, -0.1) is 0 Å². The van der Waals surface area contributed by atoms with E-state index in [0.717, 1.165) is 43.5 Å². The summed E-state index contributed by atoms with van der Waals surface area (Å²) in [5, 5.41) is 0. The van der Waals surface area contributed by atoms with Crippen molar-refractivity contribution in [1.29, 1.82) is 0 Å². The number of para-hydroxylation sites is 2. The van der Waals surface area contributed by atoms with Gasteiger partial charge in [0.15, 0.2) is 0 Å². The number of hydrogen-bond acceptors (Lipinski definition) is 3. The number of benzene rings is 2. The summed E-state index contributed by atoms with van der Waals surface area (Å²) in [5.41, 5.74) is 3.39. The smallest absolute Gasteiger partial charge is 0.224 e. The molecule has 1 aliphatic rings. The van der Waals surface area contributed by atoms with E-state index in [1.54, 1.807) is 0 Å². The zero-order valence-electron chi connectivity index (χ0n) is 16.5. The highest BCUT2D eigenvalue weighted by Gasteiger charge is 2.26. The maximum Gasteiger partial charge on any atom is 0.224 e. The molecule has 0 saturated carbocycles. The monoisotopic (exact) mass is 376 g/mol. The molecule has 2 heterocycles. The Morgan fingerprint density at radius 2 is 1.93 bits per heavy atom. The third-order valence-electron chi connectivity index (χ3n) is 5.74. The van der Waals surface area contributed by atoms with Crippen LogP contribution < -0.4 is 0 Å². The van der Waals surface area contributed by atoms with E-state index in [1.807, 2.05) is 30.6 Å². The first-order chi connectivity index (χ1) is 13.7. The predicted octanol–water partition coefficient (Wildman–Crippen LogP) is 3.55. The highest BCUT2D eigenvalue weighted by atomic mass is 16.2. The number of aryl methyl sites for hydroxylation is 1. The lowest BCUT2D eigenvalue weighted by molar-refractivity contribution is -0.133. The standard InChI is InChI=1S/C23H28N4O/c1-25(16-19-8-3-2-4-9-19)20-10-7-14-26(17-20)23(28)13-15-27-18-24-21-11-5-6-12-22(21)27/h2-6,8-9,11-12,18,20H,7,10,13-17H2,1H3/t20-/m0/s1. The van der Waals surface area contributed by atoms with E-state index in [9.17, 15) is 4.79 Å². The minimum absolute atomic E-state index is 0.246. The highest BCUT2D eigenvalue weighted by Crippen LogP contribution is 2.18. The Bertz CT molecular complexity index is 921. The van der Waals surface area contributed by atoms with Crippen LogP contribution in [0.2, 0.25) is 0 Å². The van der Waals surface area contributed by atoms with Crippen LogP contribution in [0.1, 0.15) is 24.8 Å². The van der Waals surface area contributed by atoms with Gasteiger partial charge in [-0.3, -0.25) is 9.69 Å². The van der Waals surface area contributed by atoms with Gasteiger partial charge in [-0.2, -0.15) is 0 Å². The minimum Gasteiger partial charge on any atom is -0.341 e. The predicted molar refractivity (Wildman–Crippen MR) is 112 cm³/mol. The van der Waals surface area contributed by atoms with Crippen molar-refractivity contribution in [3.63, 3.8) is 0 Å². The van der Waals surface area contributed by atoms with Gasteiger partial charge in [-0.25, -0.2) is 4.98 Å². The summed E-state index contributed by atoms with van der Waals surface area (Å²) < 4.78 is 2.08. The second-order valence-electron chi connectivity index (χ2n) is 7.71. The van der Waals surface area contributed by atoms with Crippen molar-refractivity contribution in [3.05, 3.63) is 66.5 Å². The summed E-state index contributed by atoms with van der Waals surface area (Å²) in [6.07, 6.45) is 4.59. The third kappa shape index (κ3) is 4.25. The fraction of sp³-hybridized carbons (Fsp3) is 0.391. The molecule has 0 bridgehead atoms. The Morgan fingerprint density at radius 1 is 1.14 bits per heavy atom. The van der Waals surface area contributed by atoms with Gasteiger partial charge >= 0.3 is 0 Å². The first-order valence-corrected chi connectivity index (χ1v) is 10.1.